The molecule has 1 saturated carbocycles. The van der Waals surface area contributed by atoms with E-state index in [-0.39, 0.29) is 36.8 Å². The average Bonchev–Trinajstić information content (AvgIpc) is 2.49. The molecular formula is C18H34N2O3. The summed E-state index contributed by atoms with van der Waals surface area (Å²) in [7, 11) is 0. The second-order valence-corrected chi connectivity index (χ2v) is 7.06. The van der Waals surface area contributed by atoms with Crippen LogP contribution in [-0.4, -0.2) is 37.1 Å². The lowest BCUT2D eigenvalue weighted by Crippen LogP contribution is -2.43. The first-order valence-corrected chi connectivity index (χ1v) is 9.07. The number of ether oxygens (including phenoxy) is 1. The third-order valence-corrected chi connectivity index (χ3v) is 4.73. The van der Waals surface area contributed by atoms with Crippen LogP contribution in [0.1, 0.15) is 66.2 Å². The van der Waals surface area contributed by atoms with Gasteiger partial charge in [-0.25, -0.2) is 0 Å². The topological polar surface area (TPSA) is 67.4 Å². The van der Waals surface area contributed by atoms with Crippen molar-refractivity contribution in [3.8, 4) is 0 Å². The van der Waals surface area contributed by atoms with Gasteiger partial charge in [0.05, 0.1) is 6.10 Å². The maximum absolute atomic E-state index is 12.0. The molecule has 0 heterocycles. The first-order valence-electron chi connectivity index (χ1n) is 9.07. The lowest BCUT2D eigenvalue weighted by Gasteiger charge is -2.34. The second-order valence-electron chi connectivity index (χ2n) is 7.06. The highest BCUT2D eigenvalue weighted by atomic mass is 16.5. The average molecular weight is 326 g/mol. The van der Waals surface area contributed by atoms with Crippen LogP contribution in [0.15, 0.2) is 0 Å². The maximum Gasteiger partial charge on any atom is 0.220 e. The third kappa shape index (κ3) is 8.35. The van der Waals surface area contributed by atoms with Crippen molar-refractivity contribution < 1.29 is 14.3 Å². The molecule has 5 heteroatoms. The van der Waals surface area contributed by atoms with Crippen molar-refractivity contribution in [1.29, 1.82) is 0 Å². The molecule has 0 spiro atoms. The van der Waals surface area contributed by atoms with Crippen molar-refractivity contribution >= 4 is 11.8 Å². The van der Waals surface area contributed by atoms with Gasteiger partial charge in [-0.3, -0.25) is 9.59 Å². The van der Waals surface area contributed by atoms with Gasteiger partial charge in [-0.2, -0.15) is 0 Å². The highest BCUT2D eigenvalue weighted by Crippen LogP contribution is 2.29. The normalized spacial score (nSPS) is 24.5. The van der Waals surface area contributed by atoms with E-state index in [1.807, 2.05) is 13.8 Å². The van der Waals surface area contributed by atoms with Gasteiger partial charge in [0.15, 0.2) is 0 Å². The Morgan fingerprint density at radius 2 is 1.83 bits per heavy atom. The van der Waals surface area contributed by atoms with Gasteiger partial charge in [0.2, 0.25) is 11.8 Å². The Morgan fingerprint density at radius 1 is 1.13 bits per heavy atom. The Kier molecular flexibility index (Phi) is 9.22. The number of carbonyl (C=O) groups excluding carboxylic acids is 2. The van der Waals surface area contributed by atoms with Gasteiger partial charge in [-0.15, -0.1) is 0 Å². The number of hydrogen-bond donors (Lipinski definition) is 2. The van der Waals surface area contributed by atoms with Crippen molar-refractivity contribution in [2.24, 2.45) is 11.8 Å². The van der Waals surface area contributed by atoms with Gasteiger partial charge >= 0.3 is 0 Å². The Hall–Kier alpha value is -1.10. The fourth-order valence-electron chi connectivity index (χ4n) is 3.00. The molecule has 134 valence electrons. The van der Waals surface area contributed by atoms with Crippen LogP contribution < -0.4 is 10.6 Å². The number of amides is 2. The Labute approximate surface area is 140 Å². The van der Waals surface area contributed by atoms with E-state index in [0.29, 0.717) is 25.0 Å². The fraction of sp³-hybridized carbons (Fsp3) is 0.889. The van der Waals surface area contributed by atoms with Crippen LogP contribution in [0.3, 0.4) is 0 Å². The highest BCUT2D eigenvalue weighted by molar-refractivity contribution is 5.83. The molecule has 0 bridgehead atoms. The minimum Gasteiger partial charge on any atom is -0.379 e. The van der Waals surface area contributed by atoms with Crippen molar-refractivity contribution in [3.63, 3.8) is 0 Å². The molecule has 1 aliphatic rings. The van der Waals surface area contributed by atoms with E-state index in [1.54, 1.807) is 0 Å². The van der Waals surface area contributed by atoms with Crippen LogP contribution >= 0.6 is 0 Å². The highest BCUT2D eigenvalue weighted by Gasteiger charge is 2.27. The molecule has 2 amide bonds. The molecular weight excluding hydrogens is 292 g/mol. The molecule has 1 aliphatic carbocycles. The summed E-state index contributed by atoms with van der Waals surface area (Å²) in [5.74, 6) is 1.11. The molecule has 0 aromatic carbocycles. The van der Waals surface area contributed by atoms with Crippen LogP contribution in [0, 0.1) is 11.8 Å². The summed E-state index contributed by atoms with van der Waals surface area (Å²) >= 11 is 0. The summed E-state index contributed by atoms with van der Waals surface area (Å²) < 4.78 is 5.41. The first kappa shape index (κ1) is 19.9. The molecule has 5 nitrogen and oxygen atoms in total. The predicted molar refractivity (Wildman–Crippen MR) is 92.1 cm³/mol. The molecule has 0 aliphatic heterocycles. The third-order valence-electron chi connectivity index (χ3n) is 4.73. The van der Waals surface area contributed by atoms with Crippen molar-refractivity contribution in [2.45, 2.75) is 78.4 Å². The monoisotopic (exact) mass is 326 g/mol. The Bertz CT molecular complexity index is 371. The first-order chi connectivity index (χ1) is 10.9. The summed E-state index contributed by atoms with van der Waals surface area (Å²) in [5, 5.41) is 5.94. The number of nitrogens with one attached hydrogen (secondary N) is 2. The van der Waals surface area contributed by atoms with Crippen LogP contribution in [0.4, 0.5) is 0 Å². The van der Waals surface area contributed by atoms with E-state index in [4.69, 9.17) is 4.74 Å². The van der Waals surface area contributed by atoms with Crippen LogP contribution in [-0.2, 0) is 14.3 Å². The molecule has 23 heavy (non-hydrogen) atoms. The molecule has 0 saturated heterocycles. The molecule has 0 radical (unpaired) electrons. The lowest BCUT2D eigenvalue weighted by molar-refractivity contribution is -0.127. The van der Waals surface area contributed by atoms with Crippen molar-refractivity contribution in [1.82, 2.24) is 10.6 Å². The zero-order valence-corrected chi connectivity index (χ0v) is 15.2. The van der Waals surface area contributed by atoms with Gasteiger partial charge in [-0.1, -0.05) is 26.7 Å². The van der Waals surface area contributed by atoms with Gasteiger partial charge in [0, 0.05) is 32.0 Å². The second kappa shape index (κ2) is 10.6. The molecule has 0 unspecified atom stereocenters. The molecule has 3 atom stereocenters. The SMILES string of the molecule is CC(C)OCCCNC(=O)CCC(=O)N[C@@H]1CCC[C@H](C)[C@@H]1C. The number of rotatable bonds is 9. The van der Waals surface area contributed by atoms with E-state index in [9.17, 15) is 9.59 Å². The minimum atomic E-state index is -0.0604. The van der Waals surface area contributed by atoms with Crippen LogP contribution in [0.25, 0.3) is 0 Å². The zero-order valence-electron chi connectivity index (χ0n) is 15.2. The molecule has 1 fully saturated rings. The summed E-state index contributed by atoms with van der Waals surface area (Å²) in [6, 6.07) is 0.266. The van der Waals surface area contributed by atoms with E-state index in [1.165, 1.54) is 12.8 Å². The van der Waals surface area contributed by atoms with E-state index >= 15 is 0 Å². The van der Waals surface area contributed by atoms with Gasteiger partial charge in [0.1, 0.15) is 0 Å². The number of carbonyl (C=O) groups is 2. The fourth-order valence-corrected chi connectivity index (χ4v) is 3.00. The van der Waals surface area contributed by atoms with E-state index in [2.05, 4.69) is 24.5 Å². The summed E-state index contributed by atoms with van der Waals surface area (Å²) in [6.45, 7) is 9.69. The largest absolute Gasteiger partial charge is 0.379 e. The standard InChI is InChI=1S/C18H34N2O3/c1-13(2)23-12-6-11-19-17(21)9-10-18(22)20-16-8-5-7-14(3)15(16)4/h13-16H,5-12H2,1-4H3,(H,19,21)(H,20,22)/t14-,15-,16+/m0/s1. The Morgan fingerprint density at radius 3 is 2.52 bits per heavy atom. The van der Waals surface area contributed by atoms with Crippen LogP contribution in [0.5, 0.6) is 0 Å². The smallest absolute Gasteiger partial charge is 0.220 e. The quantitative estimate of drug-likeness (QED) is 0.640. The van der Waals surface area contributed by atoms with Gasteiger partial charge < -0.3 is 15.4 Å². The number of hydrogen-bond acceptors (Lipinski definition) is 3. The molecule has 2 N–H and O–H groups in total. The summed E-state index contributed by atoms with van der Waals surface area (Å²) in [5.41, 5.74) is 0. The Balaban J connectivity index is 2.11. The minimum absolute atomic E-state index is 0.00533. The predicted octanol–water partition coefficient (Wildman–Crippen LogP) is 2.64. The zero-order chi connectivity index (χ0) is 17.2. The lowest BCUT2D eigenvalue weighted by atomic mass is 9.78. The summed E-state index contributed by atoms with van der Waals surface area (Å²) in [4.78, 5) is 23.7. The van der Waals surface area contributed by atoms with Crippen LogP contribution in [0.2, 0.25) is 0 Å². The van der Waals surface area contributed by atoms with Crippen molar-refractivity contribution in [2.75, 3.05) is 13.2 Å². The van der Waals surface area contributed by atoms with Gasteiger partial charge in [-0.05, 0) is 38.5 Å². The summed E-state index contributed by atoms with van der Waals surface area (Å²) in [6.07, 6.45) is 5.03. The van der Waals surface area contributed by atoms with E-state index < -0.39 is 0 Å². The molecule has 0 aromatic rings. The van der Waals surface area contributed by atoms with Crippen molar-refractivity contribution in [3.05, 3.63) is 0 Å². The maximum atomic E-state index is 12.0. The molecule has 1 rings (SSSR count). The van der Waals surface area contributed by atoms with Gasteiger partial charge in [0.25, 0.3) is 0 Å². The molecule has 0 aromatic heterocycles. The van der Waals surface area contributed by atoms with E-state index in [0.717, 1.165) is 12.8 Å².